The van der Waals surface area contributed by atoms with E-state index in [9.17, 15) is 24.3 Å². The number of carboxylic acids is 1. The zero-order valence-corrected chi connectivity index (χ0v) is 33.5. The van der Waals surface area contributed by atoms with Gasteiger partial charge in [0.25, 0.3) is 0 Å². The molecule has 0 radical (unpaired) electrons. The number of Topliss-reactive ketones (excluding diaryl/α,β-unsaturated/α-hetero) is 1. The second-order valence-electron chi connectivity index (χ2n) is 20.1. The van der Waals surface area contributed by atoms with Crippen LogP contribution < -0.4 is 0 Å². The van der Waals surface area contributed by atoms with Gasteiger partial charge in [0.05, 0.1) is 30.6 Å². The van der Waals surface area contributed by atoms with E-state index in [0.29, 0.717) is 31.3 Å². The average Bonchev–Trinajstić information content (AvgIpc) is 3.59. The fraction of sp³-hybridized carbons (Fsp3) is 0.750. The van der Waals surface area contributed by atoms with Crippen LogP contribution in [-0.4, -0.2) is 57.6 Å². The molecule has 9 heteroatoms. The highest BCUT2D eigenvalue weighted by Crippen LogP contribution is 2.77. The fourth-order valence-electron chi connectivity index (χ4n) is 13.5. The Labute approximate surface area is 316 Å². The van der Waals surface area contributed by atoms with Gasteiger partial charge < -0.3 is 14.6 Å². The van der Waals surface area contributed by atoms with E-state index >= 15 is 0 Å². The van der Waals surface area contributed by atoms with Gasteiger partial charge in [-0.25, -0.2) is 4.79 Å². The number of aromatic nitrogens is 1. The van der Waals surface area contributed by atoms with E-state index in [-0.39, 0.29) is 64.0 Å². The van der Waals surface area contributed by atoms with E-state index in [2.05, 4.69) is 53.5 Å². The van der Waals surface area contributed by atoms with Gasteiger partial charge in [0.1, 0.15) is 12.2 Å². The molecule has 1 saturated heterocycles. The number of carbonyl (C=O) groups excluding carboxylic acids is 3. The lowest BCUT2D eigenvalue weighted by atomic mass is 9.33. The highest BCUT2D eigenvalue weighted by atomic mass is 16.6. The van der Waals surface area contributed by atoms with Gasteiger partial charge in [0.15, 0.2) is 5.78 Å². The van der Waals surface area contributed by atoms with Gasteiger partial charge >= 0.3 is 18.0 Å². The normalized spacial score (nSPS) is 39.2. The largest absolute Gasteiger partial charge is 0.481 e. The van der Waals surface area contributed by atoms with Crippen molar-refractivity contribution in [1.29, 1.82) is 0 Å². The van der Waals surface area contributed by atoms with Gasteiger partial charge in [0.2, 0.25) is 0 Å². The molecule has 4 saturated carbocycles. The number of allylic oxidation sites excluding steroid dienone is 1. The molecule has 7 rings (SSSR count). The number of ether oxygens (including phenoxy) is 2. The number of carboxylic acid groups (broad SMARTS) is 1. The zero-order valence-electron chi connectivity index (χ0n) is 33.5. The molecule has 1 aliphatic heterocycles. The molecule has 1 aromatic heterocycles. The van der Waals surface area contributed by atoms with E-state index in [0.717, 1.165) is 62.6 Å². The zero-order chi connectivity index (χ0) is 38.5. The van der Waals surface area contributed by atoms with Crippen molar-refractivity contribution in [1.82, 2.24) is 9.88 Å². The second kappa shape index (κ2) is 12.7. The molecule has 1 aromatic rings. The molecule has 0 aromatic carbocycles. The summed E-state index contributed by atoms with van der Waals surface area (Å²) in [5, 5.41) is 9.62. The molecule has 0 spiro atoms. The first-order valence-electron chi connectivity index (χ1n) is 20.3. The minimum absolute atomic E-state index is 0.0282. The molecule has 53 heavy (non-hydrogen) atoms. The molecule has 6 aliphatic rings. The monoisotopic (exact) mass is 730 g/mol. The molecule has 0 bridgehead atoms. The van der Waals surface area contributed by atoms with Crippen molar-refractivity contribution >= 4 is 23.8 Å². The predicted octanol–water partition coefficient (Wildman–Crippen LogP) is 8.80. The molecule has 9 atom stereocenters. The van der Waals surface area contributed by atoms with Gasteiger partial charge in [-0.2, -0.15) is 0 Å². The van der Waals surface area contributed by atoms with Gasteiger partial charge in [-0.3, -0.25) is 24.3 Å². The maximum Gasteiger partial charge on any atom is 0.410 e. The lowest BCUT2D eigenvalue weighted by molar-refractivity contribution is -0.234. The van der Waals surface area contributed by atoms with Gasteiger partial charge in [-0.15, -0.1) is 0 Å². The Bertz CT molecular complexity index is 1720. The van der Waals surface area contributed by atoms with Crippen LogP contribution in [-0.2, 0) is 30.4 Å². The topological polar surface area (TPSA) is 123 Å². The summed E-state index contributed by atoms with van der Waals surface area (Å²) in [6, 6.07) is 5.74. The molecular weight excluding hydrogens is 668 g/mol. The summed E-state index contributed by atoms with van der Waals surface area (Å²) in [4.78, 5) is 58.7. The number of pyridine rings is 1. The fourth-order valence-corrected chi connectivity index (χ4v) is 13.5. The third-order valence-corrected chi connectivity index (χ3v) is 16.4. The molecule has 2 heterocycles. The quantitative estimate of drug-likeness (QED) is 0.264. The molecule has 1 amide bonds. The number of hydrogen-bond donors (Lipinski definition) is 1. The van der Waals surface area contributed by atoms with Crippen LogP contribution in [0.2, 0.25) is 0 Å². The third kappa shape index (κ3) is 5.62. The van der Waals surface area contributed by atoms with Crippen LogP contribution in [0.25, 0.3) is 0 Å². The van der Waals surface area contributed by atoms with Crippen LogP contribution >= 0.6 is 0 Å². The van der Waals surface area contributed by atoms with Crippen molar-refractivity contribution in [2.75, 3.05) is 6.54 Å². The Morgan fingerprint density at radius 2 is 1.72 bits per heavy atom. The van der Waals surface area contributed by atoms with Crippen molar-refractivity contribution in [2.24, 2.45) is 56.2 Å². The number of esters is 1. The van der Waals surface area contributed by atoms with Crippen LogP contribution in [0.5, 0.6) is 0 Å². The number of amides is 1. The van der Waals surface area contributed by atoms with Crippen LogP contribution in [0, 0.1) is 56.2 Å². The van der Waals surface area contributed by atoms with E-state index in [1.165, 1.54) is 5.57 Å². The van der Waals surface area contributed by atoms with Crippen molar-refractivity contribution < 1.29 is 33.8 Å². The van der Waals surface area contributed by atoms with Gasteiger partial charge in [-0.1, -0.05) is 54.5 Å². The molecule has 0 unspecified atom stereocenters. The maximum atomic E-state index is 14.2. The molecule has 290 valence electrons. The van der Waals surface area contributed by atoms with E-state index in [4.69, 9.17) is 9.47 Å². The third-order valence-electron chi connectivity index (χ3n) is 16.4. The van der Waals surface area contributed by atoms with Crippen LogP contribution in [0.15, 0.2) is 35.5 Å². The number of rotatable bonds is 8. The SMILES string of the molecule is CC(C)C1=C2[C@H]3CC[C@@H]4[C@@]5(C)CC[C@H](OC(=O)CC(C)(C)C(=O)O)C(C)(C)[C@H]5CC[C@@]4(C)[C@]3(C)CC[C@@]2([C@@H]2CN(Cc3ccccn3)C(=O)O2)CC1=O. The summed E-state index contributed by atoms with van der Waals surface area (Å²) >= 11 is 0. The Hall–Kier alpha value is -3.23. The molecular formula is C44H62N2O7. The number of nitrogens with zero attached hydrogens (tertiary/aromatic N) is 2. The minimum Gasteiger partial charge on any atom is -0.481 e. The van der Waals surface area contributed by atoms with Crippen molar-refractivity contribution in [3.63, 3.8) is 0 Å². The number of ketones is 1. The van der Waals surface area contributed by atoms with E-state index in [1.54, 1.807) is 24.9 Å². The Balaban J connectivity index is 1.17. The first kappa shape index (κ1) is 38.1. The highest BCUT2D eigenvalue weighted by molar-refractivity contribution is 6.01. The van der Waals surface area contributed by atoms with Gasteiger partial charge in [-0.05, 0) is 128 Å². The number of hydrogen-bond acceptors (Lipinski definition) is 7. The summed E-state index contributed by atoms with van der Waals surface area (Å²) in [5.74, 6) is -0.00537. The van der Waals surface area contributed by atoms with Crippen molar-refractivity contribution in [3.8, 4) is 0 Å². The summed E-state index contributed by atoms with van der Waals surface area (Å²) in [7, 11) is 0. The number of carbonyl (C=O) groups is 4. The Morgan fingerprint density at radius 1 is 0.981 bits per heavy atom. The first-order valence-corrected chi connectivity index (χ1v) is 20.3. The molecule has 5 aliphatic carbocycles. The van der Waals surface area contributed by atoms with Crippen LogP contribution in [0.4, 0.5) is 4.79 Å². The lowest BCUT2D eigenvalue weighted by Gasteiger charge is -2.72. The number of aliphatic carboxylic acids is 1. The predicted molar refractivity (Wildman–Crippen MR) is 200 cm³/mol. The standard InChI is InChI=1S/C44H62N2O7/c1-26(2)35-29(47)22-44(33-25-46(38(51)53-33)24-27-12-10-11-21-45-27)20-19-42(8)28(36(35)44)13-14-31-41(7)17-16-32(52-34(48)23-39(3,4)37(49)50)40(5,6)30(41)15-18-43(31,42)9/h10-12,21,26,28,30-33H,13-20,22-25H2,1-9H3,(H,49,50)/t28-,30-,31-,32+,33+,41+,42-,43-,44+/m1/s1. The van der Waals surface area contributed by atoms with Crippen LogP contribution in [0.3, 0.4) is 0 Å². The van der Waals surface area contributed by atoms with Crippen molar-refractivity contribution in [3.05, 3.63) is 41.2 Å². The summed E-state index contributed by atoms with van der Waals surface area (Å²) in [6.45, 7) is 20.5. The summed E-state index contributed by atoms with van der Waals surface area (Å²) < 4.78 is 12.5. The minimum atomic E-state index is -1.17. The average molecular weight is 731 g/mol. The summed E-state index contributed by atoms with van der Waals surface area (Å²) in [5.41, 5.74) is 1.30. The summed E-state index contributed by atoms with van der Waals surface area (Å²) in [6.07, 6.45) is 8.87. The van der Waals surface area contributed by atoms with E-state index in [1.807, 2.05) is 18.2 Å². The smallest absolute Gasteiger partial charge is 0.410 e. The first-order chi connectivity index (χ1) is 24.7. The molecule has 5 fully saturated rings. The van der Waals surface area contributed by atoms with Crippen molar-refractivity contribution in [2.45, 2.75) is 145 Å². The van der Waals surface area contributed by atoms with E-state index < -0.39 is 22.8 Å². The van der Waals surface area contributed by atoms with Gasteiger partial charge in [0, 0.05) is 23.4 Å². The highest BCUT2D eigenvalue weighted by Gasteiger charge is 2.71. The number of cyclic esters (lactones) is 1. The maximum absolute atomic E-state index is 14.2. The Kier molecular flexibility index (Phi) is 9.09. The Morgan fingerprint density at radius 3 is 2.38 bits per heavy atom. The molecule has 1 N–H and O–H groups in total. The second-order valence-corrected chi connectivity index (χ2v) is 20.1. The number of fused-ring (bicyclic) bond motifs is 7. The lowest BCUT2D eigenvalue weighted by Crippen LogP contribution is -2.66. The van der Waals surface area contributed by atoms with Crippen LogP contribution in [0.1, 0.15) is 132 Å². The molecule has 9 nitrogen and oxygen atoms in total.